The first-order valence-electron chi connectivity index (χ1n) is 8.58. The van der Waals surface area contributed by atoms with Crippen molar-refractivity contribution in [3.05, 3.63) is 52.6 Å². The van der Waals surface area contributed by atoms with E-state index in [1.807, 2.05) is 6.20 Å². The van der Waals surface area contributed by atoms with E-state index in [1.165, 1.54) is 41.5 Å². The third kappa shape index (κ3) is 3.34. The molecule has 0 saturated carbocycles. The molecule has 3 heteroatoms. The molecule has 0 atom stereocenters. The smallest absolute Gasteiger partial charge is 0.122 e. The van der Waals surface area contributed by atoms with Crippen LogP contribution in [0.25, 0.3) is 6.08 Å². The molecule has 3 nitrogen and oxygen atoms in total. The highest BCUT2D eigenvalue weighted by Crippen LogP contribution is 2.33. The molecule has 0 N–H and O–H groups in total. The Bertz CT molecular complexity index is 712. The molecule has 0 fully saturated rings. The van der Waals surface area contributed by atoms with Gasteiger partial charge in [-0.05, 0) is 61.8 Å². The van der Waals surface area contributed by atoms with Crippen molar-refractivity contribution in [2.24, 2.45) is 0 Å². The van der Waals surface area contributed by atoms with Gasteiger partial charge in [-0.25, -0.2) is 4.98 Å². The van der Waals surface area contributed by atoms with Gasteiger partial charge in [-0.2, -0.15) is 0 Å². The third-order valence-corrected chi connectivity index (χ3v) is 4.86. The van der Waals surface area contributed by atoms with Crippen LogP contribution in [0.1, 0.15) is 48.7 Å². The lowest BCUT2D eigenvalue weighted by Gasteiger charge is -2.21. The van der Waals surface area contributed by atoms with Crippen molar-refractivity contribution in [3.63, 3.8) is 0 Å². The third-order valence-electron chi connectivity index (χ3n) is 4.86. The van der Waals surface area contributed by atoms with Crippen LogP contribution in [-0.4, -0.2) is 16.7 Å². The predicted molar refractivity (Wildman–Crippen MR) is 94.9 cm³/mol. The van der Waals surface area contributed by atoms with Crippen molar-refractivity contribution in [2.45, 2.75) is 52.5 Å². The molecule has 0 saturated heterocycles. The van der Waals surface area contributed by atoms with Crippen molar-refractivity contribution in [3.8, 4) is 5.75 Å². The average molecular weight is 310 g/mol. The fourth-order valence-electron chi connectivity index (χ4n) is 3.46. The number of allylic oxidation sites excluding steroid dienone is 1. The van der Waals surface area contributed by atoms with E-state index in [9.17, 15) is 0 Å². The lowest BCUT2D eigenvalue weighted by atomic mass is 9.87. The average Bonchev–Trinajstić information content (AvgIpc) is 2.99. The minimum atomic E-state index is 0.920. The number of rotatable bonds is 5. The van der Waals surface area contributed by atoms with Gasteiger partial charge in [0.15, 0.2) is 0 Å². The zero-order chi connectivity index (χ0) is 16.2. The summed E-state index contributed by atoms with van der Waals surface area (Å²) in [6.07, 6.45) is 12.2. The lowest BCUT2D eigenvalue weighted by Crippen LogP contribution is -2.07. The maximum atomic E-state index is 5.57. The molecule has 1 aliphatic carbocycles. The summed E-state index contributed by atoms with van der Waals surface area (Å²) in [6.45, 7) is 5.21. The fraction of sp³-hybridized carbons (Fsp3) is 0.450. The summed E-state index contributed by atoms with van der Waals surface area (Å²) in [7, 11) is 1.78. The number of fused-ring (bicyclic) bond motifs is 1. The van der Waals surface area contributed by atoms with Crippen molar-refractivity contribution < 1.29 is 4.74 Å². The Labute approximate surface area is 139 Å². The summed E-state index contributed by atoms with van der Waals surface area (Å²) in [5, 5.41) is 0. The molecule has 1 aliphatic rings. The molecule has 0 unspecified atom stereocenters. The number of imidazole rings is 1. The molecule has 23 heavy (non-hydrogen) atoms. The molecule has 1 aromatic heterocycles. The maximum Gasteiger partial charge on any atom is 0.122 e. The molecule has 0 spiro atoms. The molecule has 0 bridgehead atoms. The van der Waals surface area contributed by atoms with Gasteiger partial charge in [0.05, 0.1) is 7.11 Å². The van der Waals surface area contributed by atoms with E-state index in [4.69, 9.17) is 4.74 Å². The second kappa shape index (κ2) is 7.03. The quantitative estimate of drug-likeness (QED) is 0.808. The van der Waals surface area contributed by atoms with Crippen molar-refractivity contribution in [1.82, 2.24) is 9.55 Å². The van der Waals surface area contributed by atoms with Crippen LogP contribution in [0.4, 0.5) is 0 Å². The van der Waals surface area contributed by atoms with E-state index in [1.54, 1.807) is 7.11 Å². The van der Waals surface area contributed by atoms with Crippen molar-refractivity contribution in [1.29, 1.82) is 0 Å². The standard InChI is InChI=1S/C20H26N2O/c1-4-16(14-22-12-11-21-15(22)2)13-17-9-10-20(23-3)19-8-6-5-7-18(17)19/h9-13H,4-8,14H2,1-3H3/b16-13-. The highest BCUT2D eigenvalue weighted by atomic mass is 16.5. The number of hydrogen-bond acceptors (Lipinski definition) is 2. The van der Waals surface area contributed by atoms with Gasteiger partial charge in [0.25, 0.3) is 0 Å². The monoisotopic (exact) mass is 310 g/mol. The molecule has 1 heterocycles. The molecule has 3 rings (SSSR count). The zero-order valence-corrected chi connectivity index (χ0v) is 14.4. The first-order valence-corrected chi connectivity index (χ1v) is 8.58. The molecule has 0 amide bonds. The van der Waals surface area contributed by atoms with Crippen LogP contribution in [0.2, 0.25) is 0 Å². The number of aryl methyl sites for hydroxylation is 1. The normalized spacial score (nSPS) is 14.7. The van der Waals surface area contributed by atoms with E-state index in [0.717, 1.165) is 31.0 Å². The van der Waals surface area contributed by atoms with Crippen molar-refractivity contribution in [2.75, 3.05) is 7.11 Å². The van der Waals surface area contributed by atoms with Crippen LogP contribution >= 0.6 is 0 Å². The van der Waals surface area contributed by atoms with Gasteiger partial charge in [-0.1, -0.05) is 24.6 Å². The molecule has 0 aliphatic heterocycles. The summed E-state index contributed by atoms with van der Waals surface area (Å²) in [6, 6.07) is 4.35. The Morgan fingerprint density at radius 3 is 2.70 bits per heavy atom. The van der Waals surface area contributed by atoms with Gasteiger partial charge in [0, 0.05) is 18.9 Å². The van der Waals surface area contributed by atoms with E-state index in [-0.39, 0.29) is 0 Å². The molecular weight excluding hydrogens is 284 g/mol. The summed E-state index contributed by atoms with van der Waals surface area (Å²) in [5.41, 5.74) is 5.71. The minimum absolute atomic E-state index is 0.920. The van der Waals surface area contributed by atoms with Gasteiger partial charge >= 0.3 is 0 Å². The molecule has 1 aromatic carbocycles. The number of methoxy groups -OCH3 is 1. The molecular formula is C20H26N2O. The highest BCUT2D eigenvalue weighted by molar-refractivity contribution is 5.62. The van der Waals surface area contributed by atoms with E-state index in [0.29, 0.717) is 0 Å². The van der Waals surface area contributed by atoms with Gasteiger partial charge < -0.3 is 9.30 Å². The molecule has 122 valence electrons. The largest absolute Gasteiger partial charge is 0.496 e. The van der Waals surface area contributed by atoms with E-state index >= 15 is 0 Å². The predicted octanol–water partition coefficient (Wildman–Crippen LogP) is 4.57. The number of hydrogen-bond donors (Lipinski definition) is 0. The molecule has 0 radical (unpaired) electrons. The van der Waals surface area contributed by atoms with Gasteiger partial charge in [0.1, 0.15) is 11.6 Å². The number of benzene rings is 1. The van der Waals surface area contributed by atoms with Gasteiger partial charge in [-0.15, -0.1) is 0 Å². The summed E-state index contributed by atoms with van der Waals surface area (Å²) >= 11 is 0. The maximum absolute atomic E-state index is 5.57. The van der Waals surface area contributed by atoms with Crippen LogP contribution in [-0.2, 0) is 19.4 Å². The van der Waals surface area contributed by atoms with Gasteiger partial charge in [0.2, 0.25) is 0 Å². The Morgan fingerprint density at radius 1 is 1.26 bits per heavy atom. The fourth-order valence-corrected chi connectivity index (χ4v) is 3.46. The topological polar surface area (TPSA) is 27.1 Å². The number of nitrogens with zero attached hydrogens (tertiary/aromatic N) is 2. The van der Waals surface area contributed by atoms with Gasteiger partial charge in [-0.3, -0.25) is 0 Å². The van der Waals surface area contributed by atoms with Crippen LogP contribution < -0.4 is 4.74 Å². The first-order chi connectivity index (χ1) is 11.2. The second-order valence-corrected chi connectivity index (χ2v) is 6.28. The highest BCUT2D eigenvalue weighted by Gasteiger charge is 2.17. The minimum Gasteiger partial charge on any atom is -0.496 e. The SMILES string of the molecule is CC/C(=C/c1ccc(OC)c2c1CCCC2)Cn1ccnc1C. The Balaban J connectivity index is 1.95. The lowest BCUT2D eigenvalue weighted by molar-refractivity contribution is 0.406. The number of ether oxygens (including phenoxy) is 1. The zero-order valence-electron chi connectivity index (χ0n) is 14.4. The molecule has 2 aromatic rings. The van der Waals surface area contributed by atoms with Crippen LogP contribution in [0.5, 0.6) is 5.75 Å². The van der Waals surface area contributed by atoms with Crippen LogP contribution in [0, 0.1) is 6.92 Å². The van der Waals surface area contributed by atoms with Crippen LogP contribution in [0.3, 0.4) is 0 Å². The number of aromatic nitrogens is 2. The Hall–Kier alpha value is -2.03. The first kappa shape index (κ1) is 15.9. The summed E-state index contributed by atoms with van der Waals surface area (Å²) in [4.78, 5) is 4.32. The Morgan fingerprint density at radius 2 is 2.04 bits per heavy atom. The second-order valence-electron chi connectivity index (χ2n) is 6.28. The summed E-state index contributed by atoms with van der Waals surface area (Å²) < 4.78 is 7.78. The Kier molecular flexibility index (Phi) is 4.85. The summed E-state index contributed by atoms with van der Waals surface area (Å²) in [5.74, 6) is 2.13. The van der Waals surface area contributed by atoms with E-state index < -0.39 is 0 Å². The van der Waals surface area contributed by atoms with Crippen molar-refractivity contribution >= 4 is 6.08 Å². The van der Waals surface area contributed by atoms with E-state index in [2.05, 4.69) is 47.8 Å². The van der Waals surface area contributed by atoms with Crippen LogP contribution in [0.15, 0.2) is 30.1 Å².